The van der Waals surface area contributed by atoms with Crippen molar-refractivity contribution in [3.8, 4) is 0 Å². The van der Waals surface area contributed by atoms with Crippen LogP contribution < -0.4 is 5.73 Å². The van der Waals surface area contributed by atoms with Gasteiger partial charge in [0.2, 0.25) is 0 Å². The van der Waals surface area contributed by atoms with Crippen LogP contribution in [-0.4, -0.2) is 9.55 Å². The predicted molar refractivity (Wildman–Crippen MR) is 68.1 cm³/mol. The molecule has 2 rings (SSSR count). The summed E-state index contributed by atoms with van der Waals surface area (Å²) >= 11 is 3.26. The first-order chi connectivity index (χ1) is 8.13. The van der Waals surface area contributed by atoms with Gasteiger partial charge in [0, 0.05) is 12.7 Å². The molecule has 0 saturated carbocycles. The number of rotatable bonds is 3. The van der Waals surface area contributed by atoms with Gasteiger partial charge in [0.05, 0.1) is 16.7 Å². The molecule has 2 aromatic rings. The molecule has 0 bridgehead atoms. The third-order valence-electron chi connectivity index (χ3n) is 2.71. The molecule has 17 heavy (non-hydrogen) atoms. The standard InChI is InChI=1S/C12H13BrFN3/c1-8-16-6-10(5-15)17(8)7-9-3-2-4-11(14)12(9)13/h2-4,6H,5,7,15H2,1H3. The first kappa shape index (κ1) is 12.3. The van der Waals surface area contributed by atoms with Crippen LogP contribution in [0.4, 0.5) is 4.39 Å². The topological polar surface area (TPSA) is 43.8 Å². The maximum absolute atomic E-state index is 13.4. The summed E-state index contributed by atoms with van der Waals surface area (Å²) in [6, 6.07) is 5.01. The lowest BCUT2D eigenvalue weighted by Gasteiger charge is -2.11. The Morgan fingerprint density at radius 1 is 1.47 bits per heavy atom. The molecule has 0 aliphatic rings. The van der Waals surface area contributed by atoms with Gasteiger partial charge in [-0.25, -0.2) is 9.37 Å². The van der Waals surface area contributed by atoms with Crippen LogP contribution in [-0.2, 0) is 13.1 Å². The molecule has 1 heterocycles. The molecule has 0 aliphatic heterocycles. The van der Waals surface area contributed by atoms with Crippen molar-refractivity contribution in [2.24, 2.45) is 5.73 Å². The van der Waals surface area contributed by atoms with Crippen LogP contribution in [0.25, 0.3) is 0 Å². The molecule has 0 amide bonds. The van der Waals surface area contributed by atoms with E-state index in [0.29, 0.717) is 17.6 Å². The van der Waals surface area contributed by atoms with Gasteiger partial charge in [-0.2, -0.15) is 0 Å². The number of nitrogens with zero attached hydrogens (tertiary/aromatic N) is 2. The van der Waals surface area contributed by atoms with Crippen molar-refractivity contribution in [3.05, 3.63) is 51.8 Å². The Balaban J connectivity index is 2.37. The van der Waals surface area contributed by atoms with Crippen molar-refractivity contribution in [2.75, 3.05) is 0 Å². The highest BCUT2D eigenvalue weighted by molar-refractivity contribution is 9.10. The van der Waals surface area contributed by atoms with Crippen molar-refractivity contribution in [1.29, 1.82) is 0 Å². The predicted octanol–water partition coefficient (Wildman–Crippen LogP) is 2.60. The largest absolute Gasteiger partial charge is 0.327 e. The van der Waals surface area contributed by atoms with E-state index >= 15 is 0 Å². The van der Waals surface area contributed by atoms with E-state index in [1.807, 2.05) is 17.6 Å². The number of halogens is 2. The summed E-state index contributed by atoms with van der Waals surface area (Å²) < 4.78 is 15.9. The summed E-state index contributed by atoms with van der Waals surface area (Å²) in [4.78, 5) is 4.21. The van der Waals surface area contributed by atoms with Crippen LogP contribution in [0.3, 0.4) is 0 Å². The minimum absolute atomic E-state index is 0.255. The van der Waals surface area contributed by atoms with Gasteiger partial charge in [0.1, 0.15) is 11.6 Å². The number of benzene rings is 1. The zero-order valence-corrected chi connectivity index (χ0v) is 11.0. The fraction of sp³-hybridized carbons (Fsp3) is 0.250. The molecule has 0 saturated heterocycles. The Labute approximate surface area is 108 Å². The van der Waals surface area contributed by atoms with Gasteiger partial charge in [-0.1, -0.05) is 12.1 Å². The molecule has 0 radical (unpaired) electrons. The van der Waals surface area contributed by atoms with Gasteiger partial charge in [0.25, 0.3) is 0 Å². The molecular formula is C12H13BrFN3. The Morgan fingerprint density at radius 2 is 2.24 bits per heavy atom. The number of nitrogens with two attached hydrogens (primary N) is 1. The van der Waals surface area contributed by atoms with Crippen LogP contribution in [0.2, 0.25) is 0 Å². The van der Waals surface area contributed by atoms with Gasteiger partial charge < -0.3 is 10.3 Å². The first-order valence-electron chi connectivity index (χ1n) is 5.27. The van der Waals surface area contributed by atoms with Gasteiger partial charge in [-0.15, -0.1) is 0 Å². The lowest BCUT2D eigenvalue weighted by Crippen LogP contribution is -2.10. The third-order valence-corrected chi connectivity index (χ3v) is 3.59. The second-order valence-electron chi connectivity index (χ2n) is 3.80. The molecule has 1 aromatic heterocycles. The molecule has 3 nitrogen and oxygen atoms in total. The second kappa shape index (κ2) is 4.98. The van der Waals surface area contributed by atoms with E-state index in [2.05, 4.69) is 20.9 Å². The van der Waals surface area contributed by atoms with Crippen LogP contribution in [0, 0.1) is 12.7 Å². The van der Waals surface area contributed by atoms with Gasteiger partial charge in [-0.05, 0) is 34.5 Å². The zero-order chi connectivity index (χ0) is 12.4. The molecule has 0 unspecified atom stereocenters. The van der Waals surface area contributed by atoms with E-state index in [-0.39, 0.29) is 5.82 Å². The van der Waals surface area contributed by atoms with Crippen LogP contribution in [0.5, 0.6) is 0 Å². The Morgan fingerprint density at radius 3 is 2.94 bits per heavy atom. The molecule has 0 atom stereocenters. The summed E-state index contributed by atoms with van der Waals surface area (Å²) in [6.45, 7) is 2.90. The number of hydrogen-bond acceptors (Lipinski definition) is 2. The SMILES string of the molecule is Cc1ncc(CN)n1Cc1cccc(F)c1Br. The summed E-state index contributed by atoms with van der Waals surface area (Å²) in [6.07, 6.45) is 1.75. The highest BCUT2D eigenvalue weighted by Crippen LogP contribution is 2.22. The molecule has 0 spiro atoms. The fourth-order valence-electron chi connectivity index (χ4n) is 1.73. The lowest BCUT2D eigenvalue weighted by molar-refractivity contribution is 0.613. The number of aromatic nitrogens is 2. The highest BCUT2D eigenvalue weighted by Gasteiger charge is 2.09. The fourth-order valence-corrected chi connectivity index (χ4v) is 2.12. The third kappa shape index (κ3) is 2.40. The Hall–Kier alpha value is -1.20. The van der Waals surface area contributed by atoms with Crippen LogP contribution in [0.15, 0.2) is 28.9 Å². The number of imidazole rings is 1. The summed E-state index contributed by atoms with van der Waals surface area (Å²) in [5.74, 6) is 0.621. The quantitative estimate of drug-likeness (QED) is 0.946. The number of aryl methyl sites for hydroxylation is 1. The highest BCUT2D eigenvalue weighted by atomic mass is 79.9. The van der Waals surface area contributed by atoms with Crippen LogP contribution in [0.1, 0.15) is 17.1 Å². The minimum Gasteiger partial charge on any atom is -0.327 e. The van der Waals surface area contributed by atoms with Gasteiger partial charge >= 0.3 is 0 Å². The van der Waals surface area contributed by atoms with E-state index in [0.717, 1.165) is 17.1 Å². The van der Waals surface area contributed by atoms with E-state index < -0.39 is 0 Å². The normalized spacial score (nSPS) is 10.8. The van der Waals surface area contributed by atoms with Crippen molar-refractivity contribution >= 4 is 15.9 Å². The molecule has 0 aliphatic carbocycles. The molecule has 2 N–H and O–H groups in total. The summed E-state index contributed by atoms with van der Waals surface area (Å²) in [5, 5.41) is 0. The van der Waals surface area contributed by atoms with Crippen molar-refractivity contribution in [2.45, 2.75) is 20.0 Å². The Kier molecular flexibility index (Phi) is 3.59. The van der Waals surface area contributed by atoms with E-state index in [9.17, 15) is 4.39 Å². The molecule has 1 aromatic carbocycles. The molecule has 5 heteroatoms. The smallest absolute Gasteiger partial charge is 0.137 e. The Bertz CT molecular complexity index is 537. The van der Waals surface area contributed by atoms with Crippen molar-refractivity contribution in [3.63, 3.8) is 0 Å². The van der Waals surface area contributed by atoms with Crippen LogP contribution >= 0.6 is 15.9 Å². The molecule has 90 valence electrons. The van der Waals surface area contributed by atoms with Gasteiger partial charge in [0.15, 0.2) is 0 Å². The maximum Gasteiger partial charge on any atom is 0.137 e. The minimum atomic E-state index is -0.255. The first-order valence-corrected chi connectivity index (χ1v) is 6.06. The lowest BCUT2D eigenvalue weighted by atomic mass is 10.2. The maximum atomic E-state index is 13.4. The van der Waals surface area contributed by atoms with E-state index in [1.54, 1.807) is 12.3 Å². The van der Waals surface area contributed by atoms with E-state index in [1.165, 1.54) is 6.07 Å². The molecular weight excluding hydrogens is 285 g/mol. The van der Waals surface area contributed by atoms with Crippen molar-refractivity contribution in [1.82, 2.24) is 9.55 Å². The average Bonchev–Trinajstić information content (AvgIpc) is 2.66. The second-order valence-corrected chi connectivity index (χ2v) is 4.59. The molecule has 0 fully saturated rings. The van der Waals surface area contributed by atoms with Crippen molar-refractivity contribution < 1.29 is 4.39 Å². The summed E-state index contributed by atoms with van der Waals surface area (Å²) in [7, 11) is 0. The summed E-state index contributed by atoms with van der Waals surface area (Å²) in [5.41, 5.74) is 7.46. The average molecular weight is 298 g/mol. The zero-order valence-electron chi connectivity index (χ0n) is 9.45. The number of hydrogen-bond donors (Lipinski definition) is 1. The van der Waals surface area contributed by atoms with Gasteiger partial charge in [-0.3, -0.25) is 0 Å². The monoisotopic (exact) mass is 297 g/mol. The van der Waals surface area contributed by atoms with E-state index in [4.69, 9.17) is 5.73 Å².